The molecule has 0 saturated carbocycles. The average molecular weight is 238 g/mol. The maximum atomic E-state index is 9.65. The number of allylic oxidation sites excluding steroid dienone is 2. The normalized spacial score (nSPS) is 11.6. The zero-order valence-electron chi connectivity index (χ0n) is 10.9. The van der Waals surface area contributed by atoms with Crippen molar-refractivity contribution in [2.24, 2.45) is 0 Å². The van der Waals surface area contributed by atoms with E-state index in [4.69, 9.17) is 0 Å². The van der Waals surface area contributed by atoms with Crippen molar-refractivity contribution >= 4 is 5.57 Å². The number of hydrogen-bond acceptors (Lipinski definition) is 1. The highest BCUT2D eigenvalue weighted by atomic mass is 16.3. The molecule has 1 nitrogen and oxygen atoms in total. The van der Waals surface area contributed by atoms with Crippen molar-refractivity contribution in [3.05, 3.63) is 71.3 Å². The van der Waals surface area contributed by atoms with Crippen molar-refractivity contribution < 1.29 is 5.11 Å². The summed E-state index contributed by atoms with van der Waals surface area (Å²) in [5, 5.41) is 9.65. The van der Waals surface area contributed by atoms with Gasteiger partial charge in [-0.1, -0.05) is 42.5 Å². The lowest BCUT2D eigenvalue weighted by Crippen LogP contribution is -1.94. The molecule has 0 spiro atoms. The Morgan fingerprint density at radius 3 is 2.50 bits per heavy atom. The van der Waals surface area contributed by atoms with Crippen molar-refractivity contribution in [3.63, 3.8) is 0 Å². The average Bonchev–Trinajstić information content (AvgIpc) is 2.39. The Bertz CT molecular complexity index is 553. The first kappa shape index (κ1) is 12.4. The summed E-state index contributed by atoms with van der Waals surface area (Å²) in [6.07, 6.45) is 2.94. The van der Waals surface area contributed by atoms with Crippen molar-refractivity contribution in [2.45, 2.75) is 20.3 Å². The van der Waals surface area contributed by atoms with Crippen LogP contribution in [0.5, 0.6) is 5.75 Å². The minimum Gasteiger partial charge on any atom is -0.508 e. The van der Waals surface area contributed by atoms with Gasteiger partial charge in [0.1, 0.15) is 5.75 Å². The van der Waals surface area contributed by atoms with Crippen LogP contribution in [-0.2, 0) is 6.42 Å². The molecule has 1 heteroatoms. The van der Waals surface area contributed by atoms with Crippen LogP contribution in [0.1, 0.15) is 30.5 Å². The lowest BCUT2D eigenvalue weighted by atomic mass is 9.95. The van der Waals surface area contributed by atoms with Gasteiger partial charge in [0.15, 0.2) is 0 Å². The Hall–Kier alpha value is -2.02. The highest BCUT2D eigenvalue weighted by molar-refractivity contribution is 5.67. The van der Waals surface area contributed by atoms with E-state index in [2.05, 4.69) is 25.1 Å². The van der Waals surface area contributed by atoms with Gasteiger partial charge >= 0.3 is 0 Å². The predicted octanol–water partition coefficient (Wildman–Crippen LogP) is 4.41. The van der Waals surface area contributed by atoms with Gasteiger partial charge in [0.05, 0.1) is 0 Å². The number of hydrogen-bond donors (Lipinski definition) is 1. The first-order valence-electron chi connectivity index (χ1n) is 6.20. The van der Waals surface area contributed by atoms with Crippen LogP contribution in [0.3, 0.4) is 0 Å². The quantitative estimate of drug-likeness (QED) is 0.840. The molecule has 92 valence electrons. The molecule has 1 N–H and O–H groups in total. The Morgan fingerprint density at radius 1 is 1.11 bits per heavy atom. The number of rotatable bonds is 3. The molecular formula is C17H18O. The van der Waals surface area contributed by atoms with Gasteiger partial charge in [0, 0.05) is 0 Å². The standard InChI is InChI=1S/C17H18O/c1-3-13(2)17-10-9-16(18)12-15(17)11-14-7-5-4-6-8-14/h3-10,12,18H,11H2,1-2H3. The van der Waals surface area contributed by atoms with Gasteiger partial charge in [-0.25, -0.2) is 0 Å². The van der Waals surface area contributed by atoms with Gasteiger partial charge in [0.2, 0.25) is 0 Å². The third kappa shape index (κ3) is 2.80. The maximum absolute atomic E-state index is 9.65. The zero-order valence-corrected chi connectivity index (χ0v) is 10.9. The van der Waals surface area contributed by atoms with Gasteiger partial charge in [-0.15, -0.1) is 0 Å². The molecule has 0 heterocycles. The van der Waals surface area contributed by atoms with Gasteiger partial charge < -0.3 is 5.11 Å². The second-order valence-electron chi connectivity index (χ2n) is 4.48. The molecule has 2 rings (SSSR count). The largest absolute Gasteiger partial charge is 0.508 e. The number of aromatic hydroxyl groups is 1. The van der Waals surface area contributed by atoms with E-state index in [1.807, 2.05) is 37.3 Å². The van der Waals surface area contributed by atoms with E-state index < -0.39 is 0 Å². The fraction of sp³-hybridized carbons (Fsp3) is 0.176. The van der Waals surface area contributed by atoms with E-state index in [0.29, 0.717) is 5.75 Å². The van der Waals surface area contributed by atoms with Crippen molar-refractivity contribution in [2.75, 3.05) is 0 Å². The van der Waals surface area contributed by atoms with Crippen LogP contribution in [0.2, 0.25) is 0 Å². The molecule has 2 aromatic rings. The molecule has 2 aromatic carbocycles. The molecule has 18 heavy (non-hydrogen) atoms. The number of benzene rings is 2. The van der Waals surface area contributed by atoms with E-state index in [1.54, 1.807) is 6.07 Å². The molecule has 0 aliphatic carbocycles. The van der Waals surface area contributed by atoms with Crippen molar-refractivity contribution in [1.29, 1.82) is 0 Å². The van der Waals surface area contributed by atoms with Crippen LogP contribution in [0.15, 0.2) is 54.6 Å². The van der Waals surface area contributed by atoms with E-state index in [0.717, 1.165) is 12.0 Å². The van der Waals surface area contributed by atoms with Gasteiger partial charge in [0.25, 0.3) is 0 Å². The van der Waals surface area contributed by atoms with Crippen LogP contribution in [0.25, 0.3) is 5.57 Å². The van der Waals surface area contributed by atoms with Crippen LogP contribution in [-0.4, -0.2) is 5.11 Å². The van der Waals surface area contributed by atoms with Gasteiger partial charge in [-0.3, -0.25) is 0 Å². The summed E-state index contributed by atoms with van der Waals surface area (Å²) in [4.78, 5) is 0. The van der Waals surface area contributed by atoms with E-state index in [9.17, 15) is 5.11 Å². The van der Waals surface area contributed by atoms with E-state index in [-0.39, 0.29) is 0 Å². The smallest absolute Gasteiger partial charge is 0.115 e. The SMILES string of the molecule is CC=C(C)c1ccc(O)cc1Cc1ccccc1. The van der Waals surface area contributed by atoms with Crippen LogP contribution >= 0.6 is 0 Å². The summed E-state index contributed by atoms with van der Waals surface area (Å²) < 4.78 is 0. The number of phenolic OH excluding ortho intramolecular Hbond substituents is 1. The highest BCUT2D eigenvalue weighted by Crippen LogP contribution is 2.25. The second kappa shape index (κ2) is 5.54. The lowest BCUT2D eigenvalue weighted by Gasteiger charge is -2.11. The summed E-state index contributed by atoms with van der Waals surface area (Å²) in [5.74, 6) is 0.327. The summed E-state index contributed by atoms with van der Waals surface area (Å²) in [5.41, 5.74) is 4.87. The Balaban J connectivity index is 2.40. The third-order valence-electron chi connectivity index (χ3n) is 3.18. The van der Waals surface area contributed by atoms with Crippen LogP contribution in [0, 0.1) is 0 Å². The van der Waals surface area contributed by atoms with Gasteiger partial charge in [-0.05, 0) is 54.7 Å². The minimum atomic E-state index is 0.327. The lowest BCUT2D eigenvalue weighted by molar-refractivity contribution is 0.474. The summed E-state index contributed by atoms with van der Waals surface area (Å²) >= 11 is 0. The monoisotopic (exact) mass is 238 g/mol. The molecule has 0 unspecified atom stereocenters. The molecule has 0 aliphatic rings. The summed E-state index contributed by atoms with van der Waals surface area (Å²) in [6, 6.07) is 15.9. The van der Waals surface area contributed by atoms with E-state index in [1.165, 1.54) is 16.7 Å². The summed E-state index contributed by atoms with van der Waals surface area (Å²) in [7, 11) is 0. The van der Waals surface area contributed by atoms with Crippen LogP contribution in [0.4, 0.5) is 0 Å². The number of phenols is 1. The van der Waals surface area contributed by atoms with E-state index >= 15 is 0 Å². The molecule has 0 amide bonds. The molecule has 0 bridgehead atoms. The molecule has 0 saturated heterocycles. The summed E-state index contributed by atoms with van der Waals surface area (Å²) in [6.45, 7) is 4.13. The molecule has 0 atom stereocenters. The van der Waals surface area contributed by atoms with Gasteiger partial charge in [-0.2, -0.15) is 0 Å². The predicted molar refractivity (Wildman–Crippen MR) is 76.7 cm³/mol. The Kier molecular flexibility index (Phi) is 3.83. The molecule has 0 fully saturated rings. The fourth-order valence-corrected chi connectivity index (χ4v) is 2.08. The Morgan fingerprint density at radius 2 is 1.83 bits per heavy atom. The topological polar surface area (TPSA) is 20.2 Å². The van der Waals surface area contributed by atoms with Crippen molar-refractivity contribution in [1.82, 2.24) is 0 Å². The highest BCUT2D eigenvalue weighted by Gasteiger charge is 2.06. The minimum absolute atomic E-state index is 0.327. The Labute approximate surface area is 108 Å². The third-order valence-corrected chi connectivity index (χ3v) is 3.18. The molecule has 0 aliphatic heterocycles. The molecule has 0 aromatic heterocycles. The van der Waals surface area contributed by atoms with Crippen LogP contribution < -0.4 is 0 Å². The zero-order chi connectivity index (χ0) is 13.0. The first-order valence-corrected chi connectivity index (χ1v) is 6.20. The maximum Gasteiger partial charge on any atom is 0.115 e. The molecule has 0 radical (unpaired) electrons. The fourth-order valence-electron chi connectivity index (χ4n) is 2.08. The second-order valence-corrected chi connectivity index (χ2v) is 4.48. The van der Waals surface area contributed by atoms with Crippen molar-refractivity contribution in [3.8, 4) is 5.75 Å². The molecular weight excluding hydrogens is 220 g/mol. The first-order chi connectivity index (χ1) is 8.70.